The lowest BCUT2D eigenvalue weighted by atomic mass is 9.82. The highest BCUT2D eigenvalue weighted by Gasteiger charge is 2.47. The lowest BCUT2D eigenvalue weighted by Gasteiger charge is -2.44. The molecule has 1 fully saturated rings. The Balaban J connectivity index is 1.43. The van der Waals surface area contributed by atoms with E-state index in [-0.39, 0.29) is 11.9 Å². The van der Waals surface area contributed by atoms with E-state index in [4.69, 9.17) is 10.00 Å². The van der Waals surface area contributed by atoms with Crippen molar-refractivity contribution in [1.29, 1.82) is 5.26 Å². The Labute approximate surface area is 199 Å². The summed E-state index contributed by atoms with van der Waals surface area (Å²) in [5.41, 5.74) is 4.69. The normalized spacial score (nSPS) is 18.6. The van der Waals surface area contributed by atoms with Gasteiger partial charge in [0.2, 0.25) is 0 Å². The molecular weight excluding hydrogens is 490 g/mol. The van der Waals surface area contributed by atoms with Crippen molar-refractivity contribution < 1.29 is 14.3 Å². The third kappa shape index (κ3) is 4.77. The van der Waals surface area contributed by atoms with Gasteiger partial charge in [-0.1, -0.05) is 22.0 Å². The molecule has 4 rings (SSSR count). The number of aromatic amines is 1. The first kappa shape index (κ1) is 22.9. The summed E-state index contributed by atoms with van der Waals surface area (Å²) in [5, 5.41) is 23.2. The molecule has 10 nitrogen and oxygen atoms in total. The average molecular weight is 514 g/mol. The molecule has 1 atom stereocenters. The van der Waals surface area contributed by atoms with Crippen LogP contribution in [0.25, 0.3) is 0 Å². The molecule has 172 valence electrons. The molecule has 0 bridgehead atoms. The molecule has 0 radical (unpaired) electrons. The Kier molecular flexibility index (Phi) is 6.49. The minimum atomic E-state index is -0.856. The number of ether oxygens (including phenoxy) is 1. The number of nitriles is 1. The third-order valence-corrected chi connectivity index (χ3v) is 6.71. The lowest BCUT2D eigenvalue weighted by Crippen LogP contribution is -2.58. The molecule has 11 heteroatoms. The van der Waals surface area contributed by atoms with Crippen molar-refractivity contribution in [2.24, 2.45) is 5.10 Å². The second kappa shape index (κ2) is 9.33. The first-order valence-corrected chi connectivity index (χ1v) is 11.4. The van der Waals surface area contributed by atoms with E-state index in [1.54, 1.807) is 18.2 Å². The van der Waals surface area contributed by atoms with Crippen LogP contribution in [0.15, 0.2) is 33.8 Å². The van der Waals surface area contributed by atoms with Gasteiger partial charge in [0, 0.05) is 54.2 Å². The van der Waals surface area contributed by atoms with Crippen molar-refractivity contribution in [2.45, 2.75) is 38.3 Å². The number of H-pyrrole nitrogens is 1. The molecular formula is C22H24BrN7O3. The zero-order chi connectivity index (χ0) is 23.6. The van der Waals surface area contributed by atoms with Gasteiger partial charge in [-0.15, -0.1) is 0 Å². The molecule has 3 N–H and O–H groups in total. The number of nitrogens with one attached hydrogen (secondary N) is 3. The summed E-state index contributed by atoms with van der Waals surface area (Å²) in [7, 11) is 0. The highest BCUT2D eigenvalue weighted by molar-refractivity contribution is 9.10. The van der Waals surface area contributed by atoms with E-state index in [1.165, 1.54) is 0 Å². The lowest BCUT2D eigenvalue weighted by molar-refractivity contribution is -0.00163. The number of carbonyl (C=O) groups excluding carboxylic acids is 2. The quantitative estimate of drug-likeness (QED) is 0.561. The molecule has 1 aromatic carbocycles. The minimum absolute atomic E-state index is 0.0887. The number of nitrogens with zero attached hydrogens (tertiary/aromatic N) is 4. The van der Waals surface area contributed by atoms with E-state index >= 15 is 0 Å². The van der Waals surface area contributed by atoms with Gasteiger partial charge in [-0.3, -0.25) is 14.8 Å². The van der Waals surface area contributed by atoms with Crippen molar-refractivity contribution in [3.8, 4) is 6.07 Å². The van der Waals surface area contributed by atoms with Crippen LogP contribution >= 0.6 is 15.9 Å². The molecule has 0 saturated carbocycles. The second-order valence-corrected chi connectivity index (χ2v) is 9.15. The fraction of sp³-hybridized carbons (Fsp3) is 0.409. The van der Waals surface area contributed by atoms with Crippen molar-refractivity contribution >= 4 is 33.6 Å². The van der Waals surface area contributed by atoms with Crippen LogP contribution < -0.4 is 10.7 Å². The number of amides is 2. The summed E-state index contributed by atoms with van der Waals surface area (Å²) in [6.07, 6.45) is 0.539. The average Bonchev–Trinajstić information content (AvgIpc) is 3.24. The third-order valence-electron chi connectivity index (χ3n) is 6.06. The first-order chi connectivity index (χ1) is 15.8. The van der Waals surface area contributed by atoms with E-state index in [0.717, 1.165) is 11.3 Å². The number of halogens is 1. The van der Waals surface area contributed by atoms with Gasteiger partial charge in [0.1, 0.15) is 11.4 Å². The van der Waals surface area contributed by atoms with Crippen LogP contribution in [0.5, 0.6) is 0 Å². The summed E-state index contributed by atoms with van der Waals surface area (Å²) >= 11 is 3.52. The highest BCUT2D eigenvalue weighted by atomic mass is 79.9. The summed E-state index contributed by atoms with van der Waals surface area (Å²) < 4.78 is 6.52. The molecule has 2 aliphatic heterocycles. The van der Waals surface area contributed by atoms with E-state index in [1.807, 2.05) is 13.0 Å². The van der Waals surface area contributed by atoms with Gasteiger partial charge in [-0.25, -0.2) is 10.2 Å². The van der Waals surface area contributed by atoms with Crippen molar-refractivity contribution in [1.82, 2.24) is 25.8 Å². The van der Waals surface area contributed by atoms with Gasteiger partial charge < -0.3 is 10.1 Å². The number of aromatic nitrogens is 2. The predicted octanol–water partition coefficient (Wildman–Crippen LogP) is 2.45. The molecule has 3 heterocycles. The molecule has 1 spiro atoms. The number of piperidine rings is 1. The Morgan fingerprint density at radius 1 is 1.39 bits per heavy atom. The van der Waals surface area contributed by atoms with Gasteiger partial charge in [-0.2, -0.15) is 15.5 Å². The SMILES string of the molecule is Cc1cc(C(=O)NC[C@H](C)N2CCC3(CC2)OC(=O)NN=C3c2ccc(C#N)cc2Br)n[nH]1. The van der Waals surface area contributed by atoms with Crippen molar-refractivity contribution in [3.05, 3.63) is 51.3 Å². The van der Waals surface area contributed by atoms with Crippen molar-refractivity contribution in [2.75, 3.05) is 19.6 Å². The van der Waals surface area contributed by atoms with E-state index in [9.17, 15) is 9.59 Å². The van der Waals surface area contributed by atoms with Crippen LogP contribution in [0.4, 0.5) is 4.79 Å². The summed E-state index contributed by atoms with van der Waals surface area (Å²) in [6, 6.07) is 9.16. The zero-order valence-corrected chi connectivity index (χ0v) is 19.9. The zero-order valence-electron chi connectivity index (χ0n) is 18.3. The monoisotopic (exact) mass is 513 g/mol. The van der Waals surface area contributed by atoms with Gasteiger partial charge in [0.15, 0.2) is 5.60 Å². The van der Waals surface area contributed by atoms with E-state index in [0.29, 0.717) is 53.9 Å². The number of likely N-dealkylation sites (tertiary alicyclic amines) is 1. The molecule has 2 aromatic rings. The van der Waals surface area contributed by atoms with Gasteiger partial charge in [0.25, 0.3) is 5.91 Å². The largest absolute Gasteiger partial charge is 0.435 e. The Morgan fingerprint density at radius 3 is 2.79 bits per heavy atom. The Morgan fingerprint density at radius 2 is 2.15 bits per heavy atom. The molecule has 33 heavy (non-hydrogen) atoms. The maximum Gasteiger partial charge on any atom is 0.428 e. The van der Waals surface area contributed by atoms with E-state index < -0.39 is 11.7 Å². The number of carbonyl (C=O) groups is 2. The number of hydrogen-bond donors (Lipinski definition) is 3. The number of rotatable bonds is 5. The predicted molar refractivity (Wildman–Crippen MR) is 124 cm³/mol. The minimum Gasteiger partial charge on any atom is -0.435 e. The summed E-state index contributed by atoms with van der Waals surface area (Å²) in [5.74, 6) is -0.216. The molecule has 2 amide bonds. The number of benzene rings is 1. The number of aryl methyl sites for hydroxylation is 1. The van der Waals surface area contributed by atoms with Gasteiger partial charge >= 0.3 is 6.09 Å². The molecule has 0 aliphatic carbocycles. The Bertz CT molecular complexity index is 1150. The van der Waals surface area contributed by atoms with Crippen LogP contribution in [0.2, 0.25) is 0 Å². The fourth-order valence-electron chi connectivity index (χ4n) is 4.19. The van der Waals surface area contributed by atoms with Crippen LogP contribution in [-0.2, 0) is 4.74 Å². The fourth-order valence-corrected chi connectivity index (χ4v) is 4.76. The van der Waals surface area contributed by atoms with Crippen LogP contribution in [0.3, 0.4) is 0 Å². The maximum absolute atomic E-state index is 12.3. The van der Waals surface area contributed by atoms with Crippen LogP contribution in [0, 0.1) is 18.3 Å². The van der Waals surface area contributed by atoms with Crippen LogP contribution in [0.1, 0.15) is 47.1 Å². The van der Waals surface area contributed by atoms with Gasteiger partial charge in [0.05, 0.1) is 11.6 Å². The molecule has 1 aromatic heterocycles. The van der Waals surface area contributed by atoms with Crippen LogP contribution in [-0.4, -0.2) is 64.1 Å². The topological polar surface area (TPSA) is 136 Å². The van der Waals surface area contributed by atoms with Crippen molar-refractivity contribution in [3.63, 3.8) is 0 Å². The molecule has 2 aliphatic rings. The smallest absolute Gasteiger partial charge is 0.428 e. The summed E-state index contributed by atoms with van der Waals surface area (Å²) in [6.45, 7) is 5.70. The standard InChI is InChI=1S/C22H24BrN7O3/c1-13-9-18(27-26-13)20(31)25-12-14(2)30-7-5-22(6-8-30)19(28-29-21(32)33-22)16-4-3-15(11-24)10-17(16)23/h3-4,9-10,14H,5-8,12H2,1-2H3,(H,25,31)(H,26,27)(H,29,32)/t14-/m0/s1. The van der Waals surface area contributed by atoms with E-state index in [2.05, 4.69) is 59.9 Å². The number of hydrazone groups is 1. The first-order valence-electron chi connectivity index (χ1n) is 10.6. The number of hydrogen-bond acceptors (Lipinski definition) is 7. The second-order valence-electron chi connectivity index (χ2n) is 8.29. The van der Waals surface area contributed by atoms with Gasteiger partial charge in [-0.05, 0) is 32.0 Å². The molecule has 1 saturated heterocycles. The Hall–Kier alpha value is -3.23. The highest BCUT2D eigenvalue weighted by Crippen LogP contribution is 2.35. The molecule has 0 unspecified atom stereocenters. The summed E-state index contributed by atoms with van der Waals surface area (Å²) in [4.78, 5) is 26.6. The maximum atomic E-state index is 12.3.